The molecular weight excluding hydrogens is 307 g/mol. The number of carboxylic acid groups (broad SMARTS) is 1. The minimum Gasteiger partial charge on any atom is -0.481 e. The molecule has 1 fully saturated rings. The second-order valence-corrected chi connectivity index (χ2v) is 6.47. The molecule has 0 spiro atoms. The van der Waals surface area contributed by atoms with Gasteiger partial charge in [0.25, 0.3) is 5.91 Å². The highest BCUT2D eigenvalue weighted by molar-refractivity contribution is 7.14. The summed E-state index contributed by atoms with van der Waals surface area (Å²) >= 11 is 1.21. The lowest BCUT2D eigenvalue weighted by Gasteiger charge is -2.27. The van der Waals surface area contributed by atoms with Crippen molar-refractivity contribution in [1.82, 2.24) is 4.90 Å². The Morgan fingerprint density at radius 2 is 2.00 bits per heavy atom. The van der Waals surface area contributed by atoms with Gasteiger partial charge < -0.3 is 10.0 Å². The summed E-state index contributed by atoms with van der Waals surface area (Å²) in [7, 11) is 0. The van der Waals surface area contributed by atoms with Gasteiger partial charge in [-0.25, -0.2) is 0 Å². The first-order chi connectivity index (χ1) is 9.58. The van der Waals surface area contributed by atoms with E-state index in [9.17, 15) is 22.8 Å². The molecule has 1 saturated heterocycles. The molecule has 8 heteroatoms. The molecule has 1 amide bonds. The van der Waals surface area contributed by atoms with Crippen LogP contribution in [0, 0.1) is 19.3 Å². The second kappa shape index (κ2) is 5.01. The summed E-state index contributed by atoms with van der Waals surface area (Å²) < 4.78 is 39.2. The van der Waals surface area contributed by atoms with E-state index in [0.717, 1.165) is 15.3 Å². The summed E-state index contributed by atoms with van der Waals surface area (Å²) in [5.74, 6) is -2.47. The van der Waals surface area contributed by atoms with Gasteiger partial charge in [-0.1, -0.05) is 0 Å². The Morgan fingerprint density at radius 3 is 2.38 bits per heavy atom. The molecule has 1 aliphatic rings. The van der Waals surface area contributed by atoms with Gasteiger partial charge in [0.2, 0.25) is 0 Å². The average Bonchev–Trinajstić information content (AvgIpc) is 2.94. The number of halogens is 3. The number of aliphatic carboxylic acids is 1. The van der Waals surface area contributed by atoms with Crippen LogP contribution in [0.1, 0.15) is 26.5 Å². The molecule has 1 aromatic rings. The SMILES string of the molecule is Cc1cc(C(=O)N2CCC(C(=O)O)(C(F)(F)F)C2)sc1C. The molecule has 2 rings (SSSR count). The normalized spacial score (nSPS) is 22.6. The highest BCUT2D eigenvalue weighted by Gasteiger charge is 2.64. The Labute approximate surface area is 123 Å². The smallest absolute Gasteiger partial charge is 0.406 e. The largest absolute Gasteiger partial charge is 0.481 e. The molecule has 0 saturated carbocycles. The molecule has 1 aromatic heterocycles. The van der Waals surface area contributed by atoms with Crippen LogP contribution in [0.2, 0.25) is 0 Å². The molecule has 0 aromatic carbocycles. The molecule has 0 aliphatic carbocycles. The second-order valence-electron chi connectivity index (χ2n) is 5.21. The summed E-state index contributed by atoms with van der Waals surface area (Å²) in [5, 5.41) is 8.96. The summed E-state index contributed by atoms with van der Waals surface area (Å²) in [6.07, 6.45) is -5.49. The Kier molecular flexibility index (Phi) is 3.77. The van der Waals surface area contributed by atoms with E-state index in [1.165, 1.54) is 11.3 Å². The average molecular weight is 321 g/mol. The molecular formula is C13H14F3NO3S. The van der Waals surface area contributed by atoms with Gasteiger partial charge >= 0.3 is 12.1 Å². The number of carbonyl (C=O) groups is 2. The van der Waals surface area contributed by atoms with Crippen molar-refractivity contribution in [3.05, 3.63) is 21.4 Å². The van der Waals surface area contributed by atoms with Crippen molar-refractivity contribution >= 4 is 23.2 Å². The number of carboxylic acids is 1. The lowest BCUT2D eigenvalue weighted by atomic mass is 9.86. The van der Waals surface area contributed by atoms with Gasteiger partial charge in [0.1, 0.15) is 0 Å². The third kappa shape index (κ3) is 2.52. The molecule has 1 unspecified atom stereocenters. The van der Waals surface area contributed by atoms with Crippen molar-refractivity contribution in [2.24, 2.45) is 5.41 Å². The van der Waals surface area contributed by atoms with E-state index >= 15 is 0 Å². The minimum atomic E-state index is -4.88. The summed E-state index contributed by atoms with van der Waals surface area (Å²) in [5.41, 5.74) is -1.97. The fourth-order valence-electron chi connectivity index (χ4n) is 2.34. The topological polar surface area (TPSA) is 57.6 Å². The fraction of sp³-hybridized carbons (Fsp3) is 0.538. The number of amides is 1. The molecule has 2 heterocycles. The maximum absolute atomic E-state index is 13.1. The molecule has 116 valence electrons. The van der Waals surface area contributed by atoms with Crippen molar-refractivity contribution in [3.63, 3.8) is 0 Å². The van der Waals surface area contributed by atoms with Crippen LogP contribution >= 0.6 is 11.3 Å². The fourth-order valence-corrected chi connectivity index (χ4v) is 3.35. The maximum Gasteiger partial charge on any atom is 0.406 e. The maximum atomic E-state index is 13.1. The predicted molar refractivity (Wildman–Crippen MR) is 70.4 cm³/mol. The molecule has 0 radical (unpaired) electrons. The number of hydrogen-bond donors (Lipinski definition) is 1. The number of carbonyl (C=O) groups excluding carboxylic acids is 1. The number of thiophene rings is 1. The van der Waals surface area contributed by atoms with Gasteiger partial charge in [-0.3, -0.25) is 9.59 Å². The minimum absolute atomic E-state index is 0.208. The predicted octanol–water partition coefficient (Wildman–Crippen LogP) is 2.84. The van der Waals surface area contributed by atoms with Crippen LogP contribution in [-0.4, -0.2) is 41.1 Å². The van der Waals surface area contributed by atoms with Gasteiger partial charge in [0.05, 0.1) is 4.88 Å². The van der Waals surface area contributed by atoms with Crippen LogP contribution < -0.4 is 0 Å². The molecule has 21 heavy (non-hydrogen) atoms. The molecule has 0 bridgehead atoms. The van der Waals surface area contributed by atoms with Crippen LogP contribution in [0.3, 0.4) is 0 Å². The van der Waals surface area contributed by atoms with Crippen LogP contribution in [0.5, 0.6) is 0 Å². The summed E-state index contributed by atoms with van der Waals surface area (Å²) in [6, 6.07) is 1.62. The highest BCUT2D eigenvalue weighted by Crippen LogP contribution is 2.46. The first-order valence-corrected chi connectivity index (χ1v) is 7.06. The van der Waals surface area contributed by atoms with Crippen LogP contribution in [0.15, 0.2) is 6.07 Å². The van der Waals surface area contributed by atoms with Crippen LogP contribution in [0.25, 0.3) is 0 Å². The third-order valence-corrected chi connectivity index (χ3v) is 5.03. The van der Waals surface area contributed by atoms with Crippen molar-refractivity contribution in [1.29, 1.82) is 0 Å². The number of rotatable bonds is 2. The quantitative estimate of drug-likeness (QED) is 0.911. The Balaban J connectivity index is 2.25. The van der Waals surface area contributed by atoms with E-state index in [1.54, 1.807) is 6.07 Å². The Bertz CT molecular complexity index is 576. The number of aryl methyl sites for hydroxylation is 2. The number of alkyl halides is 3. The van der Waals surface area contributed by atoms with E-state index in [2.05, 4.69) is 0 Å². The zero-order valence-electron chi connectivity index (χ0n) is 11.5. The first-order valence-electron chi connectivity index (χ1n) is 6.25. The van der Waals surface area contributed by atoms with E-state index in [4.69, 9.17) is 5.11 Å². The number of hydrogen-bond acceptors (Lipinski definition) is 3. The summed E-state index contributed by atoms with van der Waals surface area (Å²) in [6.45, 7) is 2.59. The standard InChI is InChI=1S/C13H14F3NO3S/c1-7-5-9(21-8(7)2)10(18)17-4-3-12(6-17,11(19)20)13(14,15)16/h5H,3-4,6H2,1-2H3,(H,19,20). The van der Waals surface area contributed by atoms with Crippen LogP contribution in [-0.2, 0) is 4.79 Å². The molecule has 1 N–H and O–H groups in total. The molecule has 1 aliphatic heterocycles. The van der Waals surface area contributed by atoms with Gasteiger partial charge in [0, 0.05) is 18.0 Å². The van der Waals surface area contributed by atoms with Gasteiger partial charge in [-0.15, -0.1) is 11.3 Å². The van der Waals surface area contributed by atoms with Crippen LogP contribution in [0.4, 0.5) is 13.2 Å². The van der Waals surface area contributed by atoms with Gasteiger partial charge in [-0.05, 0) is 31.9 Å². The highest BCUT2D eigenvalue weighted by atomic mass is 32.1. The number of likely N-dealkylation sites (tertiary alicyclic amines) is 1. The first kappa shape index (κ1) is 15.8. The van der Waals surface area contributed by atoms with Gasteiger partial charge in [-0.2, -0.15) is 13.2 Å². The molecule has 1 atom stereocenters. The van der Waals surface area contributed by atoms with E-state index in [1.807, 2.05) is 13.8 Å². The van der Waals surface area contributed by atoms with E-state index in [-0.39, 0.29) is 6.54 Å². The lowest BCUT2D eigenvalue weighted by Crippen LogP contribution is -2.47. The Hall–Kier alpha value is -1.57. The zero-order chi connectivity index (χ0) is 16.0. The van der Waals surface area contributed by atoms with E-state index in [0.29, 0.717) is 4.88 Å². The van der Waals surface area contributed by atoms with Crippen molar-refractivity contribution in [2.45, 2.75) is 26.4 Å². The zero-order valence-corrected chi connectivity index (χ0v) is 12.3. The summed E-state index contributed by atoms with van der Waals surface area (Å²) in [4.78, 5) is 25.5. The van der Waals surface area contributed by atoms with Gasteiger partial charge in [0.15, 0.2) is 5.41 Å². The van der Waals surface area contributed by atoms with Crippen molar-refractivity contribution in [2.75, 3.05) is 13.1 Å². The molecule has 4 nitrogen and oxygen atoms in total. The Morgan fingerprint density at radius 1 is 1.38 bits per heavy atom. The van der Waals surface area contributed by atoms with Crippen molar-refractivity contribution < 1.29 is 27.9 Å². The third-order valence-electron chi connectivity index (χ3n) is 3.89. The number of nitrogens with zero attached hydrogens (tertiary/aromatic N) is 1. The van der Waals surface area contributed by atoms with E-state index < -0.39 is 36.4 Å². The van der Waals surface area contributed by atoms with Crippen molar-refractivity contribution in [3.8, 4) is 0 Å². The lowest BCUT2D eigenvalue weighted by molar-refractivity contribution is -0.227. The monoisotopic (exact) mass is 321 g/mol.